The summed E-state index contributed by atoms with van der Waals surface area (Å²) in [5.41, 5.74) is 0. The van der Waals surface area contributed by atoms with Crippen molar-refractivity contribution in [3.8, 4) is 0 Å². The lowest BCUT2D eigenvalue weighted by atomic mass is 10.4. The number of guanidine groups is 1. The predicted molar refractivity (Wildman–Crippen MR) is 63.7 cm³/mol. The Bertz CT molecular complexity index is 350. The number of methoxy groups -OCH3 is 1. The van der Waals surface area contributed by atoms with Crippen molar-refractivity contribution < 1.29 is 9.26 Å². The van der Waals surface area contributed by atoms with Gasteiger partial charge in [-0.05, 0) is 13.3 Å². The molecule has 7 nitrogen and oxygen atoms in total. The number of hydrogen-bond acceptors (Lipinski definition) is 5. The molecule has 1 rings (SSSR count). The van der Waals surface area contributed by atoms with Crippen LogP contribution in [-0.2, 0) is 11.3 Å². The molecule has 0 saturated heterocycles. The van der Waals surface area contributed by atoms with Crippen LogP contribution in [0.5, 0.6) is 0 Å². The molecule has 96 valence electrons. The average molecular weight is 241 g/mol. The largest absolute Gasteiger partial charge is 0.385 e. The van der Waals surface area contributed by atoms with Gasteiger partial charge < -0.3 is 19.9 Å². The van der Waals surface area contributed by atoms with Gasteiger partial charge in [0.2, 0.25) is 5.89 Å². The van der Waals surface area contributed by atoms with Gasteiger partial charge in [0.1, 0.15) is 0 Å². The molecule has 7 heteroatoms. The topological polar surface area (TPSA) is 84.6 Å². The quantitative estimate of drug-likeness (QED) is 0.417. The maximum atomic E-state index is 4.98. The van der Waals surface area contributed by atoms with Gasteiger partial charge in [0.05, 0.1) is 6.54 Å². The fourth-order valence-corrected chi connectivity index (χ4v) is 1.22. The highest BCUT2D eigenvalue weighted by Crippen LogP contribution is 1.94. The van der Waals surface area contributed by atoms with E-state index < -0.39 is 0 Å². The molecule has 2 N–H and O–H groups in total. The molecule has 0 atom stereocenters. The molecule has 0 aliphatic heterocycles. The van der Waals surface area contributed by atoms with Crippen molar-refractivity contribution in [3.05, 3.63) is 11.7 Å². The maximum Gasteiger partial charge on any atom is 0.246 e. The van der Waals surface area contributed by atoms with Crippen LogP contribution < -0.4 is 10.6 Å². The number of hydrogen-bond donors (Lipinski definition) is 2. The van der Waals surface area contributed by atoms with Crippen LogP contribution in [0.3, 0.4) is 0 Å². The standard InChI is InChI=1S/C10H19N5O2/c1-8-14-9(17-15-8)7-13-10(11-2)12-5-4-6-16-3/h4-7H2,1-3H3,(H2,11,12,13). The molecule has 1 aromatic rings. The van der Waals surface area contributed by atoms with E-state index in [1.54, 1.807) is 21.1 Å². The van der Waals surface area contributed by atoms with E-state index in [-0.39, 0.29) is 0 Å². The van der Waals surface area contributed by atoms with Gasteiger partial charge in [-0.1, -0.05) is 5.16 Å². The van der Waals surface area contributed by atoms with E-state index in [1.165, 1.54) is 0 Å². The first-order chi connectivity index (χ1) is 8.26. The lowest BCUT2D eigenvalue weighted by Gasteiger charge is -2.09. The average Bonchev–Trinajstić information content (AvgIpc) is 2.74. The highest BCUT2D eigenvalue weighted by Gasteiger charge is 2.03. The van der Waals surface area contributed by atoms with Crippen LogP contribution in [0.25, 0.3) is 0 Å². The number of aromatic nitrogens is 2. The molecule has 0 aliphatic rings. The number of rotatable bonds is 6. The van der Waals surface area contributed by atoms with Gasteiger partial charge >= 0.3 is 0 Å². The van der Waals surface area contributed by atoms with E-state index in [4.69, 9.17) is 9.26 Å². The van der Waals surface area contributed by atoms with Crippen molar-refractivity contribution in [3.63, 3.8) is 0 Å². The Morgan fingerprint density at radius 2 is 2.29 bits per heavy atom. The van der Waals surface area contributed by atoms with Crippen LogP contribution >= 0.6 is 0 Å². The van der Waals surface area contributed by atoms with Crippen LogP contribution in [-0.4, -0.2) is 43.4 Å². The summed E-state index contributed by atoms with van der Waals surface area (Å²) in [7, 11) is 3.40. The molecule has 0 saturated carbocycles. The molecule has 0 unspecified atom stereocenters. The van der Waals surface area contributed by atoms with Crippen molar-refractivity contribution in [2.45, 2.75) is 19.9 Å². The second kappa shape index (κ2) is 7.61. The zero-order valence-corrected chi connectivity index (χ0v) is 10.5. The highest BCUT2D eigenvalue weighted by atomic mass is 16.5. The first-order valence-electron chi connectivity index (χ1n) is 5.49. The summed E-state index contributed by atoms with van der Waals surface area (Å²) >= 11 is 0. The normalized spacial score (nSPS) is 11.6. The van der Waals surface area contributed by atoms with E-state index in [2.05, 4.69) is 25.8 Å². The molecule has 0 fully saturated rings. The van der Waals surface area contributed by atoms with Crippen molar-refractivity contribution >= 4 is 5.96 Å². The molecule has 1 heterocycles. The van der Waals surface area contributed by atoms with E-state index in [0.717, 1.165) is 19.6 Å². The summed E-state index contributed by atoms with van der Waals surface area (Å²) in [5.74, 6) is 1.88. The van der Waals surface area contributed by atoms with Gasteiger partial charge in [-0.2, -0.15) is 4.98 Å². The molecule has 0 radical (unpaired) electrons. The van der Waals surface area contributed by atoms with Crippen LogP contribution in [0.4, 0.5) is 0 Å². The molecule has 0 amide bonds. The first kappa shape index (κ1) is 13.4. The van der Waals surface area contributed by atoms with Crippen molar-refractivity contribution in [2.75, 3.05) is 27.3 Å². The lowest BCUT2D eigenvalue weighted by Crippen LogP contribution is -2.37. The van der Waals surface area contributed by atoms with E-state index >= 15 is 0 Å². The monoisotopic (exact) mass is 241 g/mol. The summed E-state index contributed by atoms with van der Waals surface area (Å²) in [6, 6.07) is 0. The van der Waals surface area contributed by atoms with Crippen molar-refractivity contribution in [2.24, 2.45) is 4.99 Å². The van der Waals surface area contributed by atoms with Crippen molar-refractivity contribution in [1.29, 1.82) is 0 Å². The highest BCUT2D eigenvalue weighted by molar-refractivity contribution is 5.79. The van der Waals surface area contributed by atoms with E-state index in [9.17, 15) is 0 Å². The summed E-state index contributed by atoms with van der Waals surface area (Å²) in [4.78, 5) is 8.15. The molecule has 1 aromatic heterocycles. The second-order valence-electron chi connectivity index (χ2n) is 3.43. The van der Waals surface area contributed by atoms with Gasteiger partial charge in [-0.25, -0.2) is 0 Å². The zero-order valence-electron chi connectivity index (χ0n) is 10.5. The van der Waals surface area contributed by atoms with Gasteiger partial charge in [-0.15, -0.1) is 0 Å². The maximum absolute atomic E-state index is 4.98. The molecular formula is C10H19N5O2. The van der Waals surface area contributed by atoms with Crippen LogP contribution in [0.1, 0.15) is 18.1 Å². The smallest absolute Gasteiger partial charge is 0.246 e. The molecule has 17 heavy (non-hydrogen) atoms. The summed E-state index contributed by atoms with van der Waals surface area (Å²) in [6.45, 7) is 3.78. The number of aryl methyl sites for hydroxylation is 1. The Morgan fingerprint density at radius 3 is 2.88 bits per heavy atom. The van der Waals surface area contributed by atoms with Gasteiger partial charge in [-0.3, -0.25) is 4.99 Å². The Balaban J connectivity index is 2.23. The van der Waals surface area contributed by atoms with Gasteiger partial charge in [0, 0.05) is 27.3 Å². The third-order valence-electron chi connectivity index (χ3n) is 2.02. The Hall–Kier alpha value is -1.63. The van der Waals surface area contributed by atoms with Crippen molar-refractivity contribution in [1.82, 2.24) is 20.8 Å². The Labute approximate surface area is 101 Å². The SMILES string of the molecule is CN=C(NCCCOC)NCc1nc(C)no1. The summed E-state index contributed by atoms with van der Waals surface area (Å²) in [6.07, 6.45) is 0.927. The zero-order chi connectivity index (χ0) is 12.5. The number of nitrogens with one attached hydrogen (secondary N) is 2. The lowest BCUT2D eigenvalue weighted by molar-refractivity contribution is 0.195. The van der Waals surface area contributed by atoms with Crippen LogP contribution in [0.2, 0.25) is 0 Å². The third kappa shape index (κ3) is 5.30. The third-order valence-corrected chi connectivity index (χ3v) is 2.02. The van der Waals surface area contributed by atoms with Gasteiger partial charge in [0.15, 0.2) is 11.8 Å². The summed E-state index contributed by atoms with van der Waals surface area (Å²) in [5, 5.41) is 9.93. The van der Waals surface area contributed by atoms with Crippen LogP contribution in [0.15, 0.2) is 9.52 Å². The Kier molecular flexibility index (Phi) is 6.02. The number of ether oxygens (including phenoxy) is 1. The Morgan fingerprint density at radius 1 is 1.47 bits per heavy atom. The fourth-order valence-electron chi connectivity index (χ4n) is 1.22. The number of nitrogens with zero attached hydrogens (tertiary/aromatic N) is 3. The molecular weight excluding hydrogens is 222 g/mol. The minimum absolute atomic E-state index is 0.463. The van der Waals surface area contributed by atoms with Gasteiger partial charge in [0.25, 0.3) is 0 Å². The molecule has 0 spiro atoms. The molecule has 0 aliphatic carbocycles. The van der Waals surface area contributed by atoms with E-state index in [1.807, 2.05) is 0 Å². The molecule has 0 aromatic carbocycles. The second-order valence-corrected chi connectivity index (χ2v) is 3.43. The first-order valence-corrected chi connectivity index (χ1v) is 5.49. The fraction of sp³-hybridized carbons (Fsp3) is 0.700. The van der Waals surface area contributed by atoms with Crippen LogP contribution in [0, 0.1) is 6.92 Å². The van der Waals surface area contributed by atoms with E-state index in [0.29, 0.717) is 24.2 Å². The minimum Gasteiger partial charge on any atom is -0.385 e. The molecule has 0 bridgehead atoms. The number of aliphatic imine (C=N–C) groups is 1. The summed E-state index contributed by atoms with van der Waals surface area (Å²) < 4.78 is 9.93. The minimum atomic E-state index is 0.463. The predicted octanol–water partition coefficient (Wildman–Crippen LogP) is 0.0795.